The molecule has 0 heterocycles. The van der Waals surface area contributed by atoms with E-state index in [1.807, 2.05) is 12.1 Å². The molecule has 2 fully saturated rings. The van der Waals surface area contributed by atoms with Gasteiger partial charge in [0.1, 0.15) is 0 Å². The Hall–Kier alpha value is -0.530. The minimum Gasteiger partial charge on any atom is -0.327 e. The zero-order chi connectivity index (χ0) is 11.8. The van der Waals surface area contributed by atoms with Crippen LogP contribution in [0.3, 0.4) is 0 Å². The predicted molar refractivity (Wildman–Crippen MR) is 72.1 cm³/mol. The van der Waals surface area contributed by atoms with E-state index < -0.39 is 0 Å². The Morgan fingerprint density at radius 3 is 2.29 bits per heavy atom. The third-order valence-corrected chi connectivity index (χ3v) is 4.85. The highest BCUT2D eigenvalue weighted by atomic mass is 35.5. The van der Waals surface area contributed by atoms with Crippen LogP contribution in [-0.4, -0.2) is 6.04 Å². The number of rotatable bonds is 3. The molecule has 92 valence electrons. The summed E-state index contributed by atoms with van der Waals surface area (Å²) in [7, 11) is 0. The van der Waals surface area contributed by atoms with Crippen molar-refractivity contribution in [2.75, 3.05) is 0 Å². The van der Waals surface area contributed by atoms with E-state index in [1.54, 1.807) is 0 Å². The van der Waals surface area contributed by atoms with Gasteiger partial charge in [0.2, 0.25) is 0 Å². The van der Waals surface area contributed by atoms with Crippen LogP contribution in [-0.2, 0) is 6.42 Å². The van der Waals surface area contributed by atoms with Crippen molar-refractivity contribution in [3.05, 3.63) is 34.9 Å². The van der Waals surface area contributed by atoms with Crippen LogP contribution in [0.25, 0.3) is 0 Å². The predicted octanol–water partition coefficient (Wildman–Crippen LogP) is 3.65. The average Bonchev–Trinajstić information content (AvgIpc) is 3.06. The quantitative estimate of drug-likeness (QED) is 0.870. The summed E-state index contributed by atoms with van der Waals surface area (Å²) in [4.78, 5) is 0. The maximum Gasteiger partial charge on any atom is 0.0406 e. The highest BCUT2D eigenvalue weighted by molar-refractivity contribution is 6.30. The minimum absolute atomic E-state index is 0.351. The molecule has 0 bridgehead atoms. The first-order valence-corrected chi connectivity index (χ1v) is 7.13. The SMILES string of the molecule is NC(Cc1ccc(Cl)cc1)C1C2CCCCC21. The molecule has 0 spiro atoms. The lowest BCUT2D eigenvalue weighted by atomic mass is 10.0. The Morgan fingerprint density at radius 1 is 1.12 bits per heavy atom. The summed E-state index contributed by atoms with van der Waals surface area (Å²) >= 11 is 5.89. The Morgan fingerprint density at radius 2 is 1.71 bits per heavy atom. The molecule has 0 aromatic heterocycles. The third-order valence-electron chi connectivity index (χ3n) is 4.60. The van der Waals surface area contributed by atoms with Gasteiger partial charge < -0.3 is 5.73 Å². The van der Waals surface area contributed by atoms with E-state index in [-0.39, 0.29) is 0 Å². The van der Waals surface area contributed by atoms with Crippen molar-refractivity contribution < 1.29 is 0 Å². The van der Waals surface area contributed by atoms with Crippen LogP contribution in [0, 0.1) is 17.8 Å². The maximum atomic E-state index is 6.38. The topological polar surface area (TPSA) is 26.0 Å². The number of hydrogen-bond acceptors (Lipinski definition) is 1. The fourth-order valence-electron chi connectivity index (χ4n) is 3.71. The molecule has 2 aliphatic carbocycles. The molecule has 0 saturated heterocycles. The van der Waals surface area contributed by atoms with E-state index in [2.05, 4.69) is 12.1 Å². The molecule has 3 atom stereocenters. The normalized spacial score (nSPS) is 32.9. The summed E-state index contributed by atoms with van der Waals surface area (Å²) in [6.07, 6.45) is 6.69. The van der Waals surface area contributed by atoms with Crippen LogP contribution < -0.4 is 5.73 Å². The molecule has 2 aliphatic rings. The van der Waals surface area contributed by atoms with Gasteiger partial charge in [-0.15, -0.1) is 0 Å². The van der Waals surface area contributed by atoms with Crippen LogP contribution in [0.15, 0.2) is 24.3 Å². The van der Waals surface area contributed by atoms with Crippen molar-refractivity contribution in [1.29, 1.82) is 0 Å². The summed E-state index contributed by atoms with van der Waals surface area (Å²) in [5.74, 6) is 2.70. The van der Waals surface area contributed by atoms with Crippen molar-refractivity contribution in [3.8, 4) is 0 Å². The molecule has 1 aromatic rings. The van der Waals surface area contributed by atoms with Gasteiger partial charge in [-0.25, -0.2) is 0 Å². The summed E-state index contributed by atoms with van der Waals surface area (Å²) in [5.41, 5.74) is 7.70. The van der Waals surface area contributed by atoms with Crippen LogP contribution in [0.1, 0.15) is 31.2 Å². The zero-order valence-corrected chi connectivity index (χ0v) is 10.9. The van der Waals surface area contributed by atoms with E-state index in [1.165, 1.54) is 31.2 Å². The highest BCUT2D eigenvalue weighted by Gasteiger charge is 2.52. The van der Waals surface area contributed by atoms with Crippen molar-refractivity contribution >= 4 is 11.6 Å². The summed E-state index contributed by atoms with van der Waals surface area (Å²) in [6.45, 7) is 0. The van der Waals surface area contributed by atoms with Crippen molar-refractivity contribution in [1.82, 2.24) is 0 Å². The summed E-state index contributed by atoms with van der Waals surface area (Å²) in [6, 6.07) is 8.49. The number of benzene rings is 1. The fourth-order valence-corrected chi connectivity index (χ4v) is 3.84. The fraction of sp³-hybridized carbons (Fsp3) is 0.600. The molecule has 1 aromatic carbocycles. The second kappa shape index (κ2) is 4.62. The van der Waals surface area contributed by atoms with Crippen molar-refractivity contribution in [2.45, 2.75) is 38.1 Å². The van der Waals surface area contributed by atoms with Crippen molar-refractivity contribution in [2.24, 2.45) is 23.5 Å². The summed E-state index contributed by atoms with van der Waals surface area (Å²) < 4.78 is 0. The molecule has 0 aliphatic heterocycles. The van der Waals surface area contributed by atoms with E-state index in [0.29, 0.717) is 6.04 Å². The van der Waals surface area contributed by atoms with Gasteiger partial charge in [0.25, 0.3) is 0 Å². The maximum absolute atomic E-state index is 6.38. The molecule has 17 heavy (non-hydrogen) atoms. The largest absolute Gasteiger partial charge is 0.327 e. The summed E-state index contributed by atoms with van der Waals surface area (Å²) in [5, 5.41) is 0.808. The first-order chi connectivity index (χ1) is 8.25. The molecule has 3 rings (SSSR count). The van der Waals surface area contributed by atoms with E-state index in [9.17, 15) is 0 Å². The third kappa shape index (κ3) is 2.36. The number of nitrogens with two attached hydrogens (primary N) is 1. The first-order valence-electron chi connectivity index (χ1n) is 6.76. The van der Waals surface area contributed by atoms with Crippen LogP contribution in [0.5, 0.6) is 0 Å². The zero-order valence-electron chi connectivity index (χ0n) is 10.1. The van der Waals surface area contributed by atoms with Gasteiger partial charge in [-0.3, -0.25) is 0 Å². The van der Waals surface area contributed by atoms with Crippen LogP contribution >= 0.6 is 11.6 Å². The Labute approximate surface area is 108 Å². The standard InChI is InChI=1S/C15H20ClN/c16-11-7-5-10(6-8-11)9-14(17)15-12-3-1-2-4-13(12)15/h5-8,12-15H,1-4,9,17H2. The van der Waals surface area contributed by atoms with Gasteiger partial charge in [-0.05, 0) is 54.7 Å². The molecule has 2 N–H and O–H groups in total. The molecule has 0 amide bonds. The molecule has 2 heteroatoms. The van der Waals surface area contributed by atoms with Crippen LogP contribution in [0.2, 0.25) is 5.02 Å². The number of fused-ring (bicyclic) bond motifs is 1. The van der Waals surface area contributed by atoms with Gasteiger partial charge in [-0.1, -0.05) is 36.6 Å². The number of hydrogen-bond donors (Lipinski definition) is 1. The Balaban J connectivity index is 1.60. The van der Waals surface area contributed by atoms with E-state index >= 15 is 0 Å². The first kappa shape index (κ1) is 11.6. The lowest BCUT2D eigenvalue weighted by Crippen LogP contribution is -2.26. The minimum atomic E-state index is 0.351. The molecule has 1 nitrogen and oxygen atoms in total. The number of halogens is 1. The van der Waals surface area contributed by atoms with Crippen molar-refractivity contribution in [3.63, 3.8) is 0 Å². The van der Waals surface area contributed by atoms with Gasteiger partial charge in [0.05, 0.1) is 0 Å². The molecular weight excluding hydrogens is 230 g/mol. The van der Waals surface area contributed by atoms with Gasteiger partial charge in [0.15, 0.2) is 0 Å². The van der Waals surface area contributed by atoms with Gasteiger partial charge in [-0.2, -0.15) is 0 Å². The monoisotopic (exact) mass is 249 g/mol. The lowest BCUT2D eigenvalue weighted by Gasteiger charge is -2.11. The second-order valence-corrected chi connectivity index (χ2v) is 6.12. The Bertz CT molecular complexity index is 374. The average molecular weight is 250 g/mol. The van der Waals surface area contributed by atoms with Gasteiger partial charge in [0, 0.05) is 11.1 Å². The second-order valence-electron chi connectivity index (χ2n) is 5.68. The Kier molecular flexibility index (Phi) is 3.14. The molecule has 2 saturated carbocycles. The van der Waals surface area contributed by atoms with E-state index in [0.717, 1.165) is 29.2 Å². The van der Waals surface area contributed by atoms with E-state index in [4.69, 9.17) is 17.3 Å². The van der Waals surface area contributed by atoms with Gasteiger partial charge >= 0.3 is 0 Å². The molecular formula is C15H20ClN. The van der Waals surface area contributed by atoms with Crippen LogP contribution in [0.4, 0.5) is 0 Å². The molecule has 0 radical (unpaired) electrons. The highest BCUT2D eigenvalue weighted by Crippen LogP contribution is 2.56. The smallest absolute Gasteiger partial charge is 0.0406 e. The lowest BCUT2D eigenvalue weighted by molar-refractivity contribution is 0.480. The molecule has 3 unspecified atom stereocenters.